The van der Waals surface area contributed by atoms with Crippen LogP contribution in [0.4, 0.5) is 0 Å². The molecule has 0 bridgehead atoms. The second-order valence-corrected chi connectivity index (χ2v) is 5.21. The van der Waals surface area contributed by atoms with Gasteiger partial charge in [-0.25, -0.2) is 0 Å². The summed E-state index contributed by atoms with van der Waals surface area (Å²) in [7, 11) is 0. The Morgan fingerprint density at radius 1 is 1.60 bits per heavy atom. The van der Waals surface area contributed by atoms with Crippen LogP contribution in [0.3, 0.4) is 0 Å². The number of nitrogens with two attached hydrogens (primary N) is 1. The molecule has 1 atom stereocenters. The smallest absolute Gasteiger partial charge is 0.229 e. The van der Waals surface area contributed by atoms with Crippen LogP contribution in [0.1, 0.15) is 37.4 Å². The van der Waals surface area contributed by atoms with Gasteiger partial charge in [0, 0.05) is 5.92 Å². The molecule has 0 aromatic carbocycles. The Bertz CT molecular complexity index is 311. The second kappa shape index (κ2) is 4.99. The average Bonchev–Trinajstić information content (AvgIpc) is 2.99. The predicted molar refractivity (Wildman–Crippen MR) is 60.7 cm³/mol. The second-order valence-electron chi connectivity index (χ2n) is 4.18. The van der Waals surface area contributed by atoms with Crippen LogP contribution in [0.25, 0.3) is 0 Å². The number of thioether (sulfide) groups is 1. The number of hydrogen-bond acceptors (Lipinski definition) is 5. The lowest BCUT2D eigenvalue weighted by Crippen LogP contribution is -2.12. The Morgan fingerprint density at radius 3 is 3.07 bits per heavy atom. The van der Waals surface area contributed by atoms with Crippen molar-refractivity contribution in [2.24, 2.45) is 11.7 Å². The molecular weight excluding hydrogens is 210 g/mol. The van der Waals surface area contributed by atoms with E-state index in [1.165, 1.54) is 12.8 Å². The predicted octanol–water partition coefficient (Wildman–Crippen LogP) is 1.78. The van der Waals surface area contributed by atoms with Gasteiger partial charge in [-0.1, -0.05) is 12.1 Å². The zero-order valence-electron chi connectivity index (χ0n) is 8.98. The molecule has 1 aromatic heterocycles. The van der Waals surface area contributed by atoms with E-state index in [-0.39, 0.29) is 0 Å². The fraction of sp³-hybridized carbons (Fsp3) is 0.800. The summed E-state index contributed by atoms with van der Waals surface area (Å²) in [6, 6.07) is 0. The van der Waals surface area contributed by atoms with Crippen LogP contribution >= 0.6 is 11.8 Å². The molecule has 0 amide bonds. The first-order chi connectivity index (χ1) is 7.29. The molecule has 0 aliphatic heterocycles. The zero-order chi connectivity index (χ0) is 10.7. The molecular formula is C10H17N3OS. The van der Waals surface area contributed by atoms with Crippen molar-refractivity contribution in [3.63, 3.8) is 0 Å². The molecule has 5 heteroatoms. The third kappa shape index (κ3) is 3.21. The van der Waals surface area contributed by atoms with Crippen LogP contribution in [0.2, 0.25) is 0 Å². The average molecular weight is 227 g/mol. The molecule has 2 N–H and O–H groups in total. The monoisotopic (exact) mass is 227 g/mol. The van der Waals surface area contributed by atoms with E-state index in [9.17, 15) is 0 Å². The van der Waals surface area contributed by atoms with E-state index < -0.39 is 0 Å². The highest BCUT2D eigenvalue weighted by Crippen LogP contribution is 2.38. The van der Waals surface area contributed by atoms with Crippen LogP contribution < -0.4 is 5.73 Å². The molecule has 4 nitrogen and oxygen atoms in total. The van der Waals surface area contributed by atoms with Gasteiger partial charge in [-0.15, -0.1) is 0 Å². The van der Waals surface area contributed by atoms with Gasteiger partial charge in [0.15, 0.2) is 5.82 Å². The quantitative estimate of drug-likeness (QED) is 0.802. The minimum atomic E-state index is 0.555. The molecule has 2 rings (SSSR count). The van der Waals surface area contributed by atoms with Gasteiger partial charge in [0.1, 0.15) is 0 Å². The molecule has 0 radical (unpaired) electrons. The van der Waals surface area contributed by atoms with Gasteiger partial charge in [0.2, 0.25) is 5.89 Å². The molecule has 0 spiro atoms. The van der Waals surface area contributed by atoms with Crippen LogP contribution in [0.5, 0.6) is 0 Å². The normalized spacial score (nSPS) is 18.0. The Kier molecular flexibility index (Phi) is 3.64. The lowest BCUT2D eigenvalue weighted by atomic mass is 10.2. The Hall–Kier alpha value is -0.550. The Morgan fingerprint density at radius 2 is 2.40 bits per heavy atom. The molecule has 1 aliphatic carbocycles. The number of rotatable bonds is 6. The highest BCUT2D eigenvalue weighted by molar-refractivity contribution is 7.98. The topological polar surface area (TPSA) is 64.9 Å². The summed E-state index contributed by atoms with van der Waals surface area (Å²) in [4.78, 5) is 4.37. The summed E-state index contributed by atoms with van der Waals surface area (Å²) < 4.78 is 5.17. The van der Waals surface area contributed by atoms with Crippen molar-refractivity contribution in [2.45, 2.75) is 31.4 Å². The van der Waals surface area contributed by atoms with Crippen molar-refractivity contribution in [1.82, 2.24) is 10.1 Å². The van der Waals surface area contributed by atoms with Gasteiger partial charge in [-0.3, -0.25) is 0 Å². The highest BCUT2D eigenvalue weighted by Gasteiger charge is 2.29. The molecule has 1 heterocycles. The van der Waals surface area contributed by atoms with Gasteiger partial charge in [-0.2, -0.15) is 16.7 Å². The zero-order valence-corrected chi connectivity index (χ0v) is 9.80. The van der Waals surface area contributed by atoms with Crippen molar-refractivity contribution in [2.75, 3.05) is 12.3 Å². The van der Waals surface area contributed by atoms with E-state index in [0.29, 0.717) is 11.8 Å². The molecule has 15 heavy (non-hydrogen) atoms. The van der Waals surface area contributed by atoms with Crippen molar-refractivity contribution in [3.05, 3.63) is 11.7 Å². The van der Waals surface area contributed by atoms with Gasteiger partial charge < -0.3 is 10.3 Å². The third-order valence-electron chi connectivity index (χ3n) is 2.45. The molecule has 84 valence electrons. The van der Waals surface area contributed by atoms with Crippen molar-refractivity contribution in [1.29, 1.82) is 0 Å². The SMILES string of the molecule is CC(CN)CSCc1noc(C2CC2)n1. The van der Waals surface area contributed by atoms with E-state index in [1.807, 2.05) is 11.8 Å². The lowest BCUT2D eigenvalue weighted by Gasteiger charge is -2.05. The standard InChI is InChI=1S/C10H17N3OS/c1-7(4-11)5-15-6-9-12-10(14-13-9)8-2-3-8/h7-8H,2-6,11H2,1H3. The maximum atomic E-state index is 5.54. The largest absolute Gasteiger partial charge is 0.339 e. The summed E-state index contributed by atoms with van der Waals surface area (Å²) in [6.07, 6.45) is 2.41. The maximum absolute atomic E-state index is 5.54. The summed E-state index contributed by atoms with van der Waals surface area (Å²) in [5.74, 6) is 4.66. The van der Waals surface area contributed by atoms with Crippen LogP contribution in [0, 0.1) is 5.92 Å². The Labute approximate surface area is 94.0 Å². The summed E-state index contributed by atoms with van der Waals surface area (Å²) in [5.41, 5.74) is 5.54. The van der Waals surface area contributed by atoms with Gasteiger partial charge >= 0.3 is 0 Å². The van der Waals surface area contributed by atoms with Gasteiger partial charge in [0.25, 0.3) is 0 Å². The molecule has 1 aromatic rings. The number of aromatic nitrogens is 2. The minimum Gasteiger partial charge on any atom is -0.339 e. The molecule has 1 fully saturated rings. The molecule has 1 unspecified atom stereocenters. The van der Waals surface area contributed by atoms with Crippen LogP contribution in [0.15, 0.2) is 4.52 Å². The summed E-state index contributed by atoms with van der Waals surface area (Å²) in [6.45, 7) is 2.89. The van der Waals surface area contributed by atoms with E-state index in [1.54, 1.807) is 0 Å². The summed E-state index contributed by atoms with van der Waals surface area (Å²) >= 11 is 1.82. The first-order valence-electron chi connectivity index (χ1n) is 5.40. The first-order valence-corrected chi connectivity index (χ1v) is 6.55. The Balaban J connectivity index is 1.73. The van der Waals surface area contributed by atoms with E-state index in [2.05, 4.69) is 17.1 Å². The van der Waals surface area contributed by atoms with Crippen molar-refractivity contribution < 1.29 is 4.52 Å². The fourth-order valence-corrected chi connectivity index (χ4v) is 2.20. The van der Waals surface area contributed by atoms with Crippen molar-refractivity contribution in [3.8, 4) is 0 Å². The summed E-state index contributed by atoms with van der Waals surface area (Å²) in [5, 5.41) is 3.96. The van der Waals surface area contributed by atoms with Crippen LogP contribution in [-0.2, 0) is 5.75 Å². The lowest BCUT2D eigenvalue weighted by molar-refractivity contribution is 0.375. The van der Waals surface area contributed by atoms with Crippen LogP contribution in [-0.4, -0.2) is 22.4 Å². The molecule has 1 aliphatic rings. The maximum Gasteiger partial charge on any atom is 0.229 e. The molecule has 1 saturated carbocycles. The molecule has 0 saturated heterocycles. The fourth-order valence-electron chi connectivity index (χ4n) is 1.24. The van der Waals surface area contributed by atoms with E-state index >= 15 is 0 Å². The number of hydrogen-bond donors (Lipinski definition) is 1. The van der Waals surface area contributed by atoms with E-state index in [0.717, 1.165) is 29.8 Å². The van der Waals surface area contributed by atoms with Crippen molar-refractivity contribution >= 4 is 11.8 Å². The third-order valence-corrected chi connectivity index (χ3v) is 3.71. The first kappa shape index (κ1) is 11.0. The highest BCUT2D eigenvalue weighted by atomic mass is 32.2. The van der Waals surface area contributed by atoms with Gasteiger partial charge in [0.05, 0.1) is 5.75 Å². The number of nitrogens with zero attached hydrogens (tertiary/aromatic N) is 2. The minimum absolute atomic E-state index is 0.555. The van der Waals surface area contributed by atoms with E-state index in [4.69, 9.17) is 10.3 Å². The van der Waals surface area contributed by atoms with Gasteiger partial charge in [-0.05, 0) is 31.1 Å².